The van der Waals surface area contributed by atoms with Crippen LogP contribution in [0.25, 0.3) is 5.57 Å². The van der Waals surface area contributed by atoms with Gasteiger partial charge in [0.25, 0.3) is 0 Å². The molecule has 2 aliphatic heterocycles. The van der Waals surface area contributed by atoms with E-state index >= 15 is 0 Å². The summed E-state index contributed by atoms with van der Waals surface area (Å²) in [6.45, 7) is 6.56. The van der Waals surface area contributed by atoms with Gasteiger partial charge in [0.05, 0.1) is 43.2 Å². The minimum atomic E-state index is -0.283. The fourth-order valence-corrected chi connectivity index (χ4v) is 5.94. The van der Waals surface area contributed by atoms with E-state index in [2.05, 4.69) is 66.1 Å². The average molecular weight is 535 g/mol. The molecule has 0 aliphatic carbocycles. The van der Waals surface area contributed by atoms with Crippen molar-refractivity contribution < 1.29 is 9.47 Å². The molecule has 6 nitrogen and oxygen atoms in total. The van der Waals surface area contributed by atoms with Crippen molar-refractivity contribution in [1.29, 1.82) is 0 Å². The van der Waals surface area contributed by atoms with Crippen LogP contribution in [0, 0.1) is 0 Å². The Balaban J connectivity index is 1.74. The van der Waals surface area contributed by atoms with Crippen LogP contribution in [-0.2, 0) is 0 Å². The summed E-state index contributed by atoms with van der Waals surface area (Å²) in [5.41, 5.74) is 5.97. The third-order valence-corrected chi connectivity index (χ3v) is 8.04. The Morgan fingerprint density at radius 2 is 1.84 bits per heavy atom. The predicted octanol–water partition coefficient (Wildman–Crippen LogP) is 6.56. The van der Waals surface area contributed by atoms with Crippen molar-refractivity contribution in [2.75, 3.05) is 31.1 Å². The number of anilines is 2. The van der Waals surface area contributed by atoms with Crippen LogP contribution in [0.1, 0.15) is 49.7 Å². The first kappa shape index (κ1) is 25.4. The lowest BCUT2D eigenvalue weighted by molar-refractivity contribution is 0.403. The molecule has 0 saturated carbocycles. The molecule has 1 aromatic heterocycles. The van der Waals surface area contributed by atoms with Gasteiger partial charge in [-0.15, -0.1) is 0 Å². The number of ether oxygens (including phenoxy) is 2. The number of halogens is 1. The topological polar surface area (TPSA) is 49.9 Å². The van der Waals surface area contributed by atoms with E-state index in [0.717, 1.165) is 28.2 Å². The van der Waals surface area contributed by atoms with Crippen molar-refractivity contribution in [3.8, 4) is 11.5 Å². The summed E-state index contributed by atoms with van der Waals surface area (Å²) in [5, 5.41) is 4.74. The number of rotatable bonds is 5. The Hall–Kier alpha value is -3.29. The molecule has 2 aromatic carbocycles. The number of pyridine rings is 1. The van der Waals surface area contributed by atoms with Gasteiger partial charge in [-0.1, -0.05) is 23.7 Å². The lowest BCUT2D eigenvalue weighted by Gasteiger charge is -2.41. The second-order valence-electron chi connectivity index (χ2n) is 9.97. The Kier molecular flexibility index (Phi) is 6.54. The zero-order valence-electron chi connectivity index (χ0n) is 21.9. The monoisotopic (exact) mass is 534 g/mol. The third-order valence-electron chi connectivity index (χ3n) is 7.40. The summed E-state index contributed by atoms with van der Waals surface area (Å²) in [4.78, 5) is 9.01. The molecule has 5 rings (SSSR count). The summed E-state index contributed by atoms with van der Waals surface area (Å²) >= 11 is 13.0. The third kappa shape index (κ3) is 4.30. The molecule has 0 bridgehead atoms. The van der Waals surface area contributed by atoms with Crippen molar-refractivity contribution in [3.63, 3.8) is 0 Å². The van der Waals surface area contributed by atoms with Crippen molar-refractivity contribution in [3.05, 3.63) is 82.6 Å². The number of benzene rings is 2. The van der Waals surface area contributed by atoms with Crippen molar-refractivity contribution in [1.82, 2.24) is 10.3 Å². The van der Waals surface area contributed by atoms with Gasteiger partial charge in [0, 0.05) is 35.6 Å². The second kappa shape index (κ2) is 9.54. The molecular weight excluding hydrogens is 504 g/mol. The maximum atomic E-state index is 7.11. The van der Waals surface area contributed by atoms with E-state index in [1.165, 1.54) is 5.57 Å². The quantitative estimate of drug-likeness (QED) is 0.372. The maximum Gasteiger partial charge on any atom is 0.174 e. The molecule has 37 heavy (non-hydrogen) atoms. The predicted molar refractivity (Wildman–Crippen MR) is 155 cm³/mol. The summed E-state index contributed by atoms with van der Waals surface area (Å²) < 4.78 is 11.3. The van der Waals surface area contributed by atoms with Gasteiger partial charge in [0.15, 0.2) is 5.11 Å². The fraction of sp³-hybridized carbons (Fsp3) is 0.310. The normalized spacial score (nSPS) is 20.3. The van der Waals surface area contributed by atoms with Crippen LogP contribution < -0.4 is 24.6 Å². The highest BCUT2D eigenvalue weighted by molar-refractivity contribution is 7.80. The Morgan fingerprint density at radius 3 is 2.51 bits per heavy atom. The van der Waals surface area contributed by atoms with Crippen molar-refractivity contribution >= 4 is 45.9 Å². The standard InChI is InChI=1S/C29H31ClN4O2S/c1-17-16-29(2,3)33(4)23-15-21(30)20(14-19(17)23)27-26(22-9-7-8-12-31-22)32-28(37)34(27)24-13-18(35-5)10-11-25(24)36-6/h7-16,26-27H,1-6H3,(H,32,37)/t26-,27+/m0/s1. The van der Waals surface area contributed by atoms with Gasteiger partial charge in [-0.05, 0) is 80.5 Å². The van der Waals surface area contributed by atoms with Crippen LogP contribution in [0.15, 0.2) is 60.8 Å². The molecule has 2 aliphatic rings. The van der Waals surface area contributed by atoms with Crippen LogP contribution in [0.2, 0.25) is 5.02 Å². The SMILES string of the molecule is COc1ccc(OC)c(N2C(=S)N[C@@H](c3ccccn3)[C@H]2c2cc3c(cc2Cl)N(C)C(C)(C)C=C3C)c1. The number of aromatic nitrogens is 1. The molecule has 3 heterocycles. The molecular formula is C29H31ClN4O2S. The number of likely N-dealkylation sites (N-methyl/N-ethyl adjacent to an activating group) is 1. The minimum absolute atomic E-state index is 0.116. The van der Waals surface area contributed by atoms with Gasteiger partial charge in [-0.2, -0.15) is 0 Å². The number of nitrogens with one attached hydrogen (secondary N) is 1. The van der Waals surface area contributed by atoms with Crippen LogP contribution in [0.4, 0.5) is 11.4 Å². The van der Waals surface area contributed by atoms with Crippen LogP contribution in [0.5, 0.6) is 11.5 Å². The first-order chi connectivity index (χ1) is 17.7. The van der Waals surface area contributed by atoms with E-state index in [9.17, 15) is 0 Å². The van der Waals surface area contributed by atoms with Gasteiger partial charge < -0.3 is 24.6 Å². The van der Waals surface area contributed by atoms with Crippen molar-refractivity contribution in [2.45, 2.75) is 38.4 Å². The molecule has 0 radical (unpaired) electrons. The Labute approximate surface area is 228 Å². The molecule has 0 amide bonds. The van der Waals surface area contributed by atoms with Gasteiger partial charge in [-0.25, -0.2) is 0 Å². The van der Waals surface area contributed by atoms with Crippen LogP contribution in [-0.4, -0.2) is 36.9 Å². The number of methoxy groups -OCH3 is 2. The summed E-state index contributed by atoms with van der Waals surface area (Å²) in [6.07, 6.45) is 4.09. The lowest BCUT2D eigenvalue weighted by atomic mass is 9.86. The minimum Gasteiger partial charge on any atom is -0.497 e. The van der Waals surface area contributed by atoms with E-state index < -0.39 is 0 Å². The van der Waals surface area contributed by atoms with Gasteiger partial charge in [0.2, 0.25) is 0 Å². The number of hydrogen-bond donors (Lipinski definition) is 1. The van der Waals surface area contributed by atoms with Gasteiger partial charge in [0.1, 0.15) is 11.5 Å². The first-order valence-corrected chi connectivity index (χ1v) is 12.9. The van der Waals surface area contributed by atoms with Crippen LogP contribution >= 0.6 is 23.8 Å². The second-order valence-corrected chi connectivity index (χ2v) is 10.8. The van der Waals surface area contributed by atoms with E-state index in [-0.39, 0.29) is 17.6 Å². The molecule has 8 heteroatoms. The molecule has 1 saturated heterocycles. The zero-order chi connectivity index (χ0) is 26.5. The highest BCUT2D eigenvalue weighted by atomic mass is 35.5. The Bertz CT molecular complexity index is 1390. The largest absolute Gasteiger partial charge is 0.497 e. The van der Waals surface area contributed by atoms with Gasteiger partial charge >= 0.3 is 0 Å². The number of thiocarbonyl (C=S) groups is 1. The molecule has 1 fully saturated rings. The Morgan fingerprint density at radius 1 is 1.05 bits per heavy atom. The summed E-state index contributed by atoms with van der Waals surface area (Å²) in [5.74, 6) is 1.39. The van der Waals surface area contributed by atoms with Crippen molar-refractivity contribution in [2.24, 2.45) is 0 Å². The number of nitrogens with zero attached hydrogens (tertiary/aromatic N) is 3. The number of fused-ring (bicyclic) bond motifs is 1. The first-order valence-electron chi connectivity index (χ1n) is 12.2. The van der Waals surface area contributed by atoms with E-state index in [0.29, 0.717) is 21.6 Å². The highest BCUT2D eigenvalue weighted by Crippen LogP contribution is 2.49. The van der Waals surface area contributed by atoms with E-state index in [1.54, 1.807) is 20.4 Å². The number of hydrogen-bond acceptors (Lipinski definition) is 5. The molecule has 1 N–H and O–H groups in total. The zero-order valence-corrected chi connectivity index (χ0v) is 23.4. The summed E-state index contributed by atoms with van der Waals surface area (Å²) in [6, 6.07) is 15.4. The molecule has 0 spiro atoms. The molecule has 2 atom stereocenters. The maximum absolute atomic E-state index is 7.11. The lowest BCUT2D eigenvalue weighted by Crippen LogP contribution is -2.42. The molecule has 0 unspecified atom stereocenters. The van der Waals surface area contributed by atoms with E-state index in [4.69, 9.17) is 33.3 Å². The number of allylic oxidation sites excluding steroid dienone is 1. The van der Waals surface area contributed by atoms with Crippen LogP contribution in [0.3, 0.4) is 0 Å². The smallest absolute Gasteiger partial charge is 0.174 e. The van der Waals surface area contributed by atoms with Gasteiger partial charge in [-0.3, -0.25) is 4.98 Å². The fourth-order valence-electron chi connectivity index (χ4n) is 5.33. The molecule has 192 valence electrons. The summed E-state index contributed by atoms with van der Waals surface area (Å²) in [7, 11) is 5.41. The average Bonchev–Trinajstić information content (AvgIpc) is 3.23. The molecule has 3 aromatic rings. The highest BCUT2D eigenvalue weighted by Gasteiger charge is 2.43. The van der Waals surface area contributed by atoms with E-state index in [1.807, 2.05) is 36.4 Å².